The summed E-state index contributed by atoms with van der Waals surface area (Å²) in [5.74, 6) is 0. The van der Waals surface area contributed by atoms with Crippen molar-refractivity contribution in [2.45, 2.75) is 20.3 Å². The summed E-state index contributed by atoms with van der Waals surface area (Å²) in [6, 6.07) is 1.84. The molecule has 0 amide bonds. The van der Waals surface area contributed by atoms with Gasteiger partial charge in [0.2, 0.25) is 0 Å². The number of fused-ring (bicyclic) bond motifs is 1. The fourth-order valence-electron chi connectivity index (χ4n) is 1.49. The van der Waals surface area contributed by atoms with E-state index in [1.807, 2.05) is 19.9 Å². The predicted octanol–water partition coefficient (Wildman–Crippen LogP) is 1.19. The molecule has 0 radical (unpaired) electrons. The van der Waals surface area contributed by atoms with Crippen LogP contribution in [-0.2, 0) is 6.42 Å². The number of nitrogens with zero attached hydrogens (tertiary/aromatic N) is 2. The van der Waals surface area contributed by atoms with Gasteiger partial charge in [-0.05, 0) is 25.0 Å². The van der Waals surface area contributed by atoms with Crippen LogP contribution in [0.5, 0.6) is 0 Å². The van der Waals surface area contributed by atoms with Gasteiger partial charge in [0, 0.05) is 5.69 Å². The maximum Gasteiger partial charge on any atom is 0.260 e. The van der Waals surface area contributed by atoms with E-state index < -0.39 is 0 Å². The maximum atomic E-state index is 11.4. The summed E-state index contributed by atoms with van der Waals surface area (Å²) in [5.41, 5.74) is 2.43. The van der Waals surface area contributed by atoms with Crippen molar-refractivity contribution in [3.63, 3.8) is 0 Å². The fourth-order valence-corrected chi connectivity index (χ4v) is 1.49. The number of pyridine rings is 1. The molecule has 2 aromatic rings. The topological polar surface area (TPSA) is 58.6 Å². The summed E-state index contributed by atoms with van der Waals surface area (Å²) in [6.07, 6.45) is 2.24. The Morgan fingerprint density at radius 2 is 2.29 bits per heavy atom. The maximum absolute atomic E-state index is 11.4. The number of hydrogen-bond acceptors (Lipinski definition) is 3. The normalized spacial score (nSPS) is 10.7. The average molecular weight is 189 g/mol. The van der Waals surface area contributed by atoms with Crippen LogP contribution < -0.4 is 5.56 Å². The van der Waals surface area contributed by atoms with Gasteiger partial charge in [0.05, 0.1) is 11.7 Å². The first-order chi connectivity index (χ1) is 6.72. The summed E-state index contributed by atoms with van der Waals surface area (Å²) in [4.78, 5) is 22.3. The lowest BCUT2D eigenvalue weighted by molar-refractivity contribution is 1.01. The molecule has 72 valence electrons. The van der Waals surface area contributed by atoms with E-state index in [1.165, 1.54) is 6.33 Å². The van der Waals surface area contributed by atoms with Crippen LogP contribution in [0.15, 0.2) is 17.2 Å². The van der Waals surface area contributed by atoms with Gasteiger partial charge in [0.1, 0.15) is 0 Å². The quantitative estimate of drug-likeness (QED) is 0.733. The van der Waals surface area contributed by atoms with Crippen molar-refractivity contribution >= 4 is 11.0 Å². The van der Waals surface area contributed by atoms with Crippen molar-refractivity contribution in [3.8, 4) is 0 Å². The lowest BCUT2D eigenvalue weighted by Gasteiger charge is -2.02. The highest BCUT2D eigenvalue weighted by Gasteiger charge is 2.04. The summed E-state index contributed by atoms with van der Waals surface area (Å²) in [6.45, 7) is 3.99. The number of H-pyrrole nitrogens is 1. The molecule has 0 spiro atoms. The molecular weight excluding hydrogens is 178 g/mol. The second-order valence-corrected chi connectivity index (χ2v) is 3.21. The first-order valence-corrected chi connectivity index (χ1v) is 4.56. The van der Waals surface area contributed by atoms with E-state index >= 15 is 0 Å². The Morgan fingerprint density at radius 3 is 3.00 bits per heavy atom. The molecule has 4 heteroatoms. The zero-order valence-corrected chi connectivity index (χ0v) is 8.16. The highest BCUT2D eigenvalue weighted by molar-refractivity contribution is 5.74. The Balaban J connectivity index is 2.86. The Morgan fingerprint density at radius 1 is 1.50 bits per heavy atom. The minimum Gasteiger partial charge on any atom is -0.313 e. The van der Waals surface area contributed by atoms with Crippen molar-refractivity contribution in [1.29, 1.82) is 0 Å². The zero-order valence-electron chi connectivity index (χ0n) is 8.16. The number of aromatic amines is 1. The lowest BCUT2D eigenvalue weighted by Crippen LogP contribution is -2.08. The standard InChI is InChI=1S/C10H11N3O/c1-3-8-6(2)4-7-9(13-8)11-5-12-10(7)14/h4-5H,3H2,1-2H3,(H,11,12,13,14). The van der Waals surface area contributed by atoms with E-state index in [1.54, 1.807) is 0 Å². The van der Waals surface area contributed by atoms with E-state index in [-0.39, 0.29) is 5.56 Å². The number of hydrogen-bond donors (Lipinski definition) is 1. The highest BCUT2D eigenvalue weighted by atomic mass is 16.1. The van der Waals surface area contributed by atoms with Crippen LogP contribution in [0.4, 0.5) is 0 Å². The van der Waals surface area contributed by atoms with Gasteiger partial charge in [-0.2, -0.15) is 0 Å². The molecule has 2 heterocycles. The molecule has 2 aromatic heterocycles. The Kier molecular flexibility index (Phi) is 2.04. The third-order valence-electron chi connectivity index (χ3n) is 2.26. The van der Waals surface area contributed by atoms with Gasteiger partial charge in [-0.1, -0.05) is 6.92 Å². The third-order valence-corrected chi connectivity index (χ3v) is 2.26. The Bertz CT molecular complexity index is 530. The molecule has 0 aliphatic heterocycles. The zero-order chi connectivity index (χ0) is 10.1. The van der Waals surface area contributed by atoms with E-state index in [4.69, 9.17) is 0 Å². The van der Waals surface area contributed by atoms with Crippen LogP contribution in [0.25, 0.3) is 11.0 Å². The SMILES string of the molecule is CCc1nc2nc[nH]c(=O)c2cc1C. The van der Waals surface area contributed by atoms with Crippen molar-refractivity contribution in [3.05, 3.63) is 34.0 Å². The summed E-state index contributed by atoms with van der Waals surface area (Å²) >= 11 is 0. The van der Waals surface area contributed by atoms with E-state index in [9.17, 15) is 4.79 Å². The van der Waals surface area contributed by atoms with Crippen LogP contribution in [0.3, 0.4) is 0 Å². The molecule has 0 aliphatic carbocycles. The van der Waals surface area contributed by atoms with Gasteiger partial charge in [0.25, 0.3) is 5.56 Å². The molecule has 0 atom stereocenters. The summed E-state index contributed by atoms with van der Waals surface area (Å²) in [5, 5.41) is 0.558. The van der Waals surface area contributed by atoms with Gasteiger partial charge in [-0.15, -0.1) is 0 Å². The van der Waals surface area contributed by atoms with E-state index in [0.29, 0.717) is 11.0 Å². The average Bonchev–Trinajstić information content (AvgIpc) is 2.19. The number of nitrogens with one attached hydrogen (secondary N) is 1. The summed E-state index contributed by atoms with van der Waals surface area (Å²) < 4.78 is 0. The van der Waals surface area contributed by atoms with Gasteiger partial charge >= 0.3 is 0 Å². The second kappa shape index (κ2) is 3.21. The molecule has 0 fully saturated rings. The van der Waals surface area contributed by atoms with Crippen LogP contribution in [0.1, 0.15) is 18.2 Å². The molecule has 2 rings (SSSR count). The van der Waals surface area contributed by atoms with Gasteiger partial charge in [-0.3, -0.25) is 4.79 Å². The first-order valence-electron chi connectivity index (χ1n) is 4.56. The number of rotatable bonds is 1. The van der Waals surface area contributed by atoms with Crippen LogP contribution in [-0.4, -0.2) is 15.0 Å². The largest absolute Gasteiger partial charge is 0.313 e. The first kappa shape index (κ1) is 8.87. The van der Waals surface area contributed by atoms with Crippen molar-refractivity contribution in [1.82, 2.24) is 15.0 Å². The molecule has 0 saturated heterocycles. The van der Waals surface area contributed by atoms with Crippen molar-refractivity contribution < 1.29 is 0 Å². The molecule has 0 saturated carbocycles. The number of aromatic nitrogens is 3. The minimum absolute atomic E-state index is 0.131. The third kappa shape index (κ3) is 1.28. The second-order valence-electron chi connectivity index (χ2n) is 3.21. The van der Waals surface area contributed by atoms with Crippen molar-refractivity contribution in [2.24, 2.45) is 0 Å². The molecular formula is C10H11N3O. The Hall–Kier alpha value is -1.71. The van der Waals surface area contributed by atoms with Crippen molar-refractivity contribution in [2.75, 3.05) is 0 Å². The smallest absolute Gasteiger partial charge is 0.260 e. The molecule has 4 nitrogen and oxygen atoms in total. The van der Waals surface area contributed by atoms with E-state index in [2.05, 4.69) is 15.0 Å². The predicted molar refractivity (Wildman–Crippen MR) is 54.3 cm³/mol. The summed E-state index contributed by atoms with van der Waals surface area (Å²) in [7, 11) is 0. The van der Waals surface area contributed by atoms with E-state index in [0.717, 1.165) is 17.7 Å². The lowest BCUT2D eigenvalue weighted by atomic mass is 10.1. The molecule has 0 bridgehead atoms. The highest BCUT2D eigenvalue weighted by Crippen LogP contribution is 2.10. The molecule has 1 N–H and O–H groups in total. The molecule has 0 aliphatic rings. The fraction of sp³-hybridized carbons (Fsp3) is 0.300. The molecule has 14 heavy (non-hydrogen) atoms. The minimum atomic E-state index is -0.131. The van der Waals surface area contributed by atoms with Gasteiger partial charge < -0.3 is 4.98 Å². The monoisotopic (exact) mass is 189 g/mol. The molecule has 0 unspecified atom stereocenters. The van der Waals surface area contributed by atoms with Crippen LogP contribution >= 0.6 is 0 Å². The van der Waals surface area contributed by atoms with Gasteiger partial charge in [-0.25, -0.2) is 9.97 Å². The number of aryl methyl sites for hydroxylation is 2. The van der Waals surface area contributed by atoms with Crippen LogP contribution in [0, 0.1) is 6.92 Å². The Labute approximate surface area is 81.0 Å². The van der Waals surface area contributed by atoms with Crippen LogP contribution in [0.2, 0.25) is 0 Å². The van der Waals surface area contributed by atoms with Gasteiger partial charge in [0.15, 0.2) is 5.65 Å². The molecule has 0 aromatic carbocycles.